The summed E-state index contributed by atoms with van der Waals surface area (Å²) in [5.74, 6) is 0.750. The van der Waals surface area contributed by atoms with E-state index in [1.807, 2.05) is 62.0 Å². The van der Waals surface area contributed by atoms with E-state index in [9.17, 15) is 9.59 Å². The topological polar surface area (TPSA) is 85.2 Å². The lowest BCUT2D eigenvalue weighted by molar-refractivity contribution is -0.124. The Morgan fingerprint density at radius 1 is 1.00 bits per heavy atom. The van der Waals surface area contributed by atoms with Crippen molar-refractivity contribution in [3.8, 4) is 5.75 Å². The Hall–Kier alpha value is -3.61. The van der Waals surface area contributed by atoms with Crippen molar-refractivity contribution >= 4 is 11.8 Å². The molecule has 162 valence electrons. The number of methoxy groups -OCH3 is 1. The van der Waals surface area contributed by atoms with Gasteiger partial charge in [-0.2, -0.15) is 0 Å². The van der Waals surface area contributed by atoms with Crippen LogP contribution in [0.2, 0.25) is 0 Å². The Bertz CT molecular complexity index is 1010. The largest absolute Gasteiger partial charge is 0.497 e. The molecule has 0 saturated carbocycles. The molecule has 7 nitrogen and oxygen atoms in total. The van der Waals surface area contributed by atoms with E-state index in [0.29, 0.717) is 11.4 Å². The second-order valence-electron chi connectivity index (χ2n) is 7.67. The highest BCUT2D eigenvalue weighted by atomic mass is 16.5. The molecule has 0 aliphatic rings. The summed E-state index contributed by atoms with van der Waals surface area (Å²) >= 11 is 0. The van der Waals surface area contributed by atoms with Gasteiger partial charge in [-0.15, -0.1) is 0 Å². The lowest BCUT2D eigenvalue weighted by Gasteiger charge is -2.26. The van der Waals surface area contributed by atoms with E-state index >= 15 is 0 Å². The quantitative estimate of drug-likeness (QED) is 0.586. The molecule has 0 spiro atoms. The van der Waals surface area contributed by atoms with Crippen molar-refractivity contribution in [2.75, 3.05) is 7.11 Å². The smallest absolute Gasteiger partial charge is 0.251 e. The summed E-state index contributed by atoms with van der Waals surface area (Å²) in [5.41, 5.74) is 1.37. The van der Waals surface area contributed by atoms with Gasteiger partial charge in [0, 0.05) is 25.0 Å². The molecular formula is C24H28N4O3. The van der Waals surface area contributed by atoms with Crippen LogP contribution in [-0.2, 0) is 11.8 Å². The summed E-state index contributed by atoms with van der Waals surface area (Å²) in [6, 6.07) is 15.2. The molecule has 0 unspecified atom stereocenters. The molecule has 1 heterocycles. The second kappa shape index (κ2) is 9.93. The molecule has 0 fully saturated rings. The van der Waals surface area contributed by atoms with Crippen LogP contribution >= 0.6 is 0 Å². The zero-order valence-corrected chi connectivity index (χ0v) is 18.2. The molecule has 0 saturated heterocycles. The summed E-state index contributed by atoms with van der Waals surface area (Å²) in [6.07, 6.45) is 3.52. The fourth-order valence-electron chi connectivity index (χ4n) is 3.33. The Labute approximate surface area is 182 Å². The number of nitrogens with zero attached hydrogens (tertiary/aromatic N) is 2. The van der Waals surface area contributed by atoms with E-state index in [-0.39, 0.29) is 17.7 Å². The molecule has 2 N–H and O–H groups in total. The minimum absolute atomic E-state index is 0.106. The lowest BCUT2D eigenvalue weighted by atomic mass is 10.0. The Kier molecular flexibility index (Phi) is 7.07. The number of carbonyl (C=O) groups is 2. The molecule has 3 aromatic rings. The maximum atomic E-state index is 13.3. The number of hydrogen-bond donors (Lipinski definition) is 2. The summed E-state index contributed by atoms with van der Waals surface area (Å²) in [6.45, 7) is 3.80. The molecule has 31 heavy (non-hydrogen) atoms. The molecule has 0 aliphatic carbocycles. The number of hydrogen-bond acceptors (Lipinski definition) is 4. The molecule has 3 rings (SSSR count). The lowest BCUT2D eigenvalue weighted by Crippen LogP contribution is -2.50. The van der Waals surface area contributed by atoms with Crippen LogP contribution < -0.4 is 15.4 Å². The van der Waals surface area contributed by atoms with Gasteiger partial charge in [-0.05, 0) is 35.7 Å². The highest BCUT2D eigenvalue weighted by molar-refractivity contribution is 5.97. The number of aryl methyl sites for hydroxylation is 1. The fourth-order valence-corrected chi connectivity index (χ4v) is 3.33. The van der Waals surface area contributed by atoms with Gasteiger partial charge in [-0.3, -0.25) is 9.59 Å². The average Bonchev–Trinajstić information content (AvgIpc) is 3.21. The first-order valence-corrected chi connectivity index (χ1v) is 10.2. The van der Waals surface area contributed by atoms with Gasteiger partial charge in [0.2, 0.25) is 5.91 Å². The van der Waals surface area contributed by atoms with Crippen LogP contribution in [0.4, 0.5) is 0 Å². The first kappa shape index (κ1) is 22.1. The fraction of sp³-hybridized carbons (Fsp3) is 0.292. The standard InChI is InChI=1S/C24H28N4O3/c1-16(2)20(26-23(29)18-8-6-5-7-9-18)24(30)27-21(22-25-14-15-28(22)3)17-10-12-19(31-4)13-11-17/h5-16,20-21H,1-4H3,(H,26,29)(H,27,30)/t20-,21+/m1/s1. The molecule has 0 bridgehead atoms. The van der Waals surface area contributed by atoms with Gasteiger partial charge in [-0.1, -0.05) is 44.2 Å². The van der Waals surface area contributed by atoms with Crippen molar-refractivity contribution < 1.29 is 14.3 Å². The number of amides is 2. The Morgan fingerprint density at radius 2 is 1.68 bits per heavy atom. The van der Waals surface area contributed by atoms with Crippen LogP contribution in [0.15, 0.2) is 67.0 Å². The monoisotopic (exact) mass is 420 g/mol. The van der Waals surface area contributed by atoms with E-state index < -0.39 is 12.1 Å². The first-order chi connectivity index (χ1) is 14.9. The maximum absolute atomic E-state index is 13.3. The zero-order valence-electron chi connectivity index (χ0n) is 18.2. The molecular weight excluding hydrogens is 392 g/mol. The number of carbonyl (C=O) groups excluding carboxylic acids is 2. The maximum Gasteiger partial charge on any atom is 0.251 e. The normalized spacial score (nSPS) is 12.8. The minimum atomic E-state index is -0.700. The third-order valence-electron chi connectivity index (χ3n) is 5.12. The van der Waals surface area contributed by atoms with Gasteiger partial charge in [-0.25, -0.2) is 4.98 Å². The highest BCUT2D eigenvalue weighted by Crippen LogP contribution is 2.23. The third kappa shape index (κ3) is 5.31. The SMILES string of the molecule is COc1ccc([C@H](NC(=O)[C@H](NC(=O)c2ccccc2)C(C)C)c2nccn2C)cc1. The number of benzene rings is 2. The number of nitrogens with one attached hydrogen (secondary N) is 2. The van der Waals surface area contributed by atoms with Crippen LogP contribution in [0.1, 0.15) is 41.6 Å². The molecule has 2 aromatic carbocycles. The van der Waals surface area contributed by atoms with E-state index in [1.54, 1.807) is 37.6 Å². The summed E-state index contributed by atoms with van der Waals surface area (Å²) in [4.78, 5) is 30.4. The van der Waals surface area contributed by atoms with Gasteiger partial charge in [0.1, 0.15) is 23.7 Å². The van der Waals surface area contributed by atoms with Gasteiger partial charge in [0.25, 0.3) is 5.91 Å². The van der Waals surface area contributed by atoms with Crippen molar-refractivity contribution in [3.63, 3.8) is 0 Å². The van der Waals surface area contributed by atoms with Gasteiger partial charge >= 0.3 is 0 Å². The van der Waals surface area contributed by atoms with Crippen LogP contribution in [0, 0.1) is 5.92 Å². The summed E-state index contributed by atoms with van der Waals surface area (Å²) < 4.78 is 7.11. The molecule has 2 atom stereocenters. The van der Waals surface area contributed by atoms with Crippen molar-refractivity contribution in [2.45, 2.75) is 25.9 Å². The Balaban J connectivity index is 1.85. The average molecular weight is 421 g/mol. The molecule has 7 heteroatoms. The number of imidazole rings is 1. The van der Waals surface area contributed by atoms with Crippen molar-refractivity contribution in [1.82, 2.24) is 20.2 Å². The first-order valence-electron chi connectivity index (χ1n) is 10.2. The van der Waals surface area contributed by atoms with Gasteiger partial charge < -0.3 is 19.9 Å². The van der Waals surface area contributed by atoms with Crippen molar-refractivity contribution in [3.05, 3.63) is 83.9 Å². The minimum Gasteiger partial charge on any atom is -0.497 e. The predicted molar refractivity (Wildman–Crippen MR) is 119 cm³/mol. The predicted octanol–water partition coefficient (Wildman–Crippen LogP) is 3.09. The van der Waals surface area contributed by atoms with Gasteiger partial charge in [0.15, 0.2) is 0 Å². The van der Waals surface area contributed by atoms with E-state index in [2.05, 4.69) is 15.6 Å². The second-order valence-corrected chi connectivity index (χ2v) is 7.67. The van der Waals surface area contributed by atoms with Crippen LogP contribution in [0.5, 0.6) is 5.75 Å². The van der Waals surface area contributed by atoms with Crippen molar-refractivity contribution in [1.29, 1.82) is 0 Å². The van der Waals surface area contributed by atoms with E-state index in [0.717, 1.165) is 11.3 Å². The Morgan fingerprint density at radius 3 is 2.23 bits per heavy atom. The van der Waals surface area contributed by atoms with Crippen LogP contribution in [-0.4, -0.2) is 34.5 Å². The highest BCUT2D eigenvalue weighted by Gasteiger charge is 2.29. The van der Waals surface area contributed by atoms with E-state index in [4.69, 9.17) is 4.74 Å². The third-order valence-corrected chi connectivity index (χ3v) is 5.12. The molecule has 2 amide bonds. The number of ether oxygens (including phenoxy) is 1. The van der Waals surface area contributed by atoms with Crippen LogP contribution in [0.3, 0.4) is 0 Å². The number of rotatable bonds is 8. The zero-order chi connectivity index (χ0) is 22.4. The number of aromatic nitrogens is 2. The summed E-state index contributed by atoms with van der Waals surface area (Å²) in [5, 5.41) is 5.94. The van der Waals surface area contributed by atoms with Crippen LogP contribution in [0.25, 0.3) is 0 Å². The molecule has 0 radical (unpaired) electrons. The van der Waals surface area contributed by atoms with E-state index in [1.165, 1.54) is 0 Å². The molecule has 1 aromatic heterocycles. The van der Waals surface area contributed by atoms with Gasteiger partial charge in [0.05, 0.1) is 7.11 Å². The van der Waals surface area contributed by atoms with Crippen molar-refractivity contribution in [2.24, 2.45) is 13.0 Å². The molecule has 0 aliphatic heterocycles. The summed E-state index contributed by atoms with van der Waals surface area (Å²) in [7, 11) is 3.48.